The summed E-state index contributed by atoms with van der Waals surface area (Å²) in [5, 5.41) is 11.8. The van der Waals surface area contributed by atoms with Gasteiger partial charge in [0.1, 0.15) is 9.22 Å². The Morgan fingerprint density at radius 3 is 2.60 bits per heavy atom. The van der Waals surface area contributed by atoms with Crippen LogP contribution >= 0.6 is 22.7 Å². The van der Waals surface area contributed by atoms with Gasteiger partial charge >= 0.3 is 0 Å². The van der Waals surface area contributed by atoms with Gasteiger partial charge in [-0.2, -0.15) is 0 Å². The van der Waals surface area contributed by atoms with Crippen LogP contribution in [-0.2, 0) is 16.6 Å². The van der Waals surface area contributed by atoms with Gasteiger partial charge in [-0.3, -0.25) is 4.72 Å². The lowest BCUT2D eigenvalue weighted by Crippen LogP contribution is -2.21. The van der Waals surface area contributed by atoms with Crippen LogP contribution in [0.3, 0.4) is 0 Å². The van der Waals surface area contributed by atoms with Gasteiger partial charge in [0.05, 0.1) is 0 Å². The Labute approximate surface area is 126 Å². The molecular formula is C11H16N4O2S3. The van der Waals surface area contributed by atoms with E-state index in [4.69, 9.17) is 0 Å². The number of sulfonamides is 1. The maximum Gasteiger partial charge on any atom is 0.273 e. The molecule has 0 spiro atoms. The number of hydrogen-bond donors (Lipinski definition) is 2. The summed E-state index contributed by atoms with van der Waals surface area (Å²) in [6.45, 7) is 6.53. The monoisotopic (exact) mass is 332 g/mol. The van der Waals surface area contributed by atoms with E-state index in [1.54, 1.807) is 13.0 Å². The second-order valence-electron chi connectivity index (χ2n) is 4.49. The van der Waals surface area contributed by atoms with Crippen LogP contribution < -0.4 is 10.0 Å². The van der Waals surface area contributed by atoms with E-state index in [0.29, 0.717) is 12.6 Å². The second kappa shape index (κ2) is 6.17. The molecule has 9 heteroatoms. The number of rotatable bonds is 6. The van der Waals surface area contributed by atoms with Crippen molar-refractivity contribution in [2.75, 3.05) is 4.72 Å². The number of nitrogens with zero attached hydrogens (tertiary/aromatic N) is 2. The third-order valence-corrected chi connectivity index (χ3v) is 6.13. The van der Waals surface area contributed by atoms with E-state index in [1.165, 1.54) is 22.7 Å². The van der Waals surface area contributed by atoms with Gasteiger partial charge in [-0.1, -0.05) is 25.2 Å². The molecule has 0 saturated heterocycles. The van der Waals surface area contributed by atoms with Crippen molar-refractivity contribution in [1.82, 2.24) is 15.5 Å². The van der Waals surface area contributed by atoms with E-state index in [9.17, 15) is 8.42 Å². The van der Waals surface area contributed by atoms with Gasteiger partial charge in [-0.05, 0) is 19.1 Å². The summed E-state index contributed by atoms with van der Waals surface area (Å²) >= 11 is 2.46. The summed E-state index contributed by atoms with van der Waals surface area (Å²) < 4.78 is 27.1. The van der Waals surface area contributed by atoms with Crippen molar-refractivity contribution in [3.63, 3.8) is 0 Å². The largest absolute Gasteiger partial charge is 0.310 e. The lowest BCUT2D eigenvalue weighted by molar-refractivity contribution is 0.593. The van der Waals surface area contributed by atoms with Crippen molar-refractivity contribution in [2.45, 2.75) is 37.6 Å². The SMILES string of the molecule is Cc1nnc(NS(=O)(=O)c2ccc(CNC(C)C)s2)s1. The minimum Gasteiger partial charge on any atom is -0.310 e. The molecular weight excluding hydrogens is 316 g/mol. The molecule has 0 aliphatic rings. The van der Waals surface area contributed by atoms with Gasteiger partial charge in [-0.25, -0.2) is 8.42 Å². The second-order valence-corrected chi connectivity index (χ2v) is 8.75. The van der Waals surface area contributed by atoms with Gasteiger partial charge in [0.2, 0.25) is 5.13 Å². The van der Waals surface area contributed by atoms with Crippen molar-refractivity contribution in [3.05, 3.63) is 22.0 Å². The van der Waals surface area contributed by atoms with E-state index in [0.717, 1.165) is 9.88 Å². The predicted molar refractivity (Wildman–Crippen MR) is 81.7 cm³/mol. The van der Waals surface area contributed by atoms with E-state index >= 15 is 0 Å². The van der Waals surface area contributed by atoms with E-state index in [2.05, 4.69) is 20.2 Å². The minimum absolute atomic E-state index is 0.283. The Morgan fingerprint density at radius 2 is 2.00 bits per heavy atom. The summed E-state index contributed by atoms with van der Waals surface area (Å²) in [6, 6.07) is 3.79. The van der Waals surface area contributed by atoms with Crippen LogP contribution in [-0.4, -0.2) is 24.7 Å². The summed E-state index contributed by atoms with van der Waals surface area (Å²) in [5.74, 6) is 0. The standard InChI is InChI=1S/C11H16N4O2S3/c1-7(2)12-6-9-4-5-10(19-9)20(16,17)15-11-14-13-8(3)18-11/h4-5,7,12H,6H2,1-3H3,(H,14,15). The Balaban J connectivity index is 2.09. The normalized spacial score (nSPS) is 12.0. The van der Waals surface area contributed by atoms with Crippen LogP contribution in [0.25, 0.3) is 0 Å². The van der Waals surface area contributed by atoms with Gasteiger partial charge in [0.15, 0.2) is 0 Å². The number of thiophene rings is 1. The van der Waals surface area contributed by atoms with E-state index < -0.39 is 10.0 Å². The first-order valence-electron chi connectivity index (χ1n) is 6.02. The maximum absolute atomic E-state index is 12.2. The van der Waals surface area contributed by atoms with Crippen LogP contribution in [0.5, 0.6) is 0 Å². The number of aryl methyl sites for hydroxylation is 1. The molecule has 0 aromatic carbocycles. The molecule has 2 aromatic rings. The minimum atomic E-state index is -3.57. The quantitative estimate of drug-likeness (QED) is 0.847. The number of anilines is 1. The molecule has 0 amide bonds. The fourth-order valence-corrected chi connectivity index (χ4v) is 4.53. The van der Waals surface area contributed by atoms with Gasteiger partial charge in [-0.15, -0.1) is 21.5 Å². The number of hydrogen-bond acceptors (Lipinski definition) is 7. The third kappa shape index (κ3) is 3.98. The van der Waals surface area contributed by atoms with Crippen LogP contribution in [0.15, 0.2) is 16.3 Å². The zero-order valence-electron chi connectivity index (χ0n) is 11.4. The first-order chi connectivity index (χ1) is 9.37. The zero-order valence-corrected chi connectivity index (χ0v) is 13.8. The molecule has 2 aromatic heterocycles. The molecule has 2 rings (SSSR count). The lowest BCUT2D eigenvalue weighted by atomic mass is 10.4. The summed E-state index contributed by atoms with van der Waals surface area (Å²) in [4.78, 5) is 0.979. The summed E-state index contributed by atoms with van der Waals surface area (Å²) in [6.07, 6.45) is 0. The van der Waals surface area contributed by atoms with Gasteiger partial charge in [0, 0.05) is 17.5 Å². The molecule has 20 heavy (non-hydrogen) atoms. The molecule has 0 radical (unpaired) electrons. The van der Waals surface area contributed by atoms with Crippen LogP contribution in [0.1, 0.15) is 23.7 Å². The van der Waals surface area contributed by atoms with Crippen molar-refractivity contribution >= 4 is 37.8 Å². The smallest absolute Gasteiger partial charge is 0.273 e. The van der Waals surface area contributed by atoms with Crippen molar-refractivity contribution < 1.29 is 8.42 Å². The Kier molecular flexibility index (Phi) is 4.74. The van der Waals surface area contributed by atoms with Crippen molar-refractivity contribution in [2.24, 2.45) is 0 Å². The summed E-state index contributed by atoms with van der Waals surface area (Å²) in [5.41, 5.74) is 0. The fourth-order valence-electron chi connectivity index (χ4n) is 1.41. The van der Waals surface area contributed by atoms with Gasteiger partial charge < -0.3 is 5.32 Å². The molecule has 0 aliphatic heterocycles. The molecule has 2 N–H and O–H groups in total. The average molecular weight is 332 g/mol. The average Bonchev–Trinajstić information content (AvgIpc) is 2.95. The lowest BCUT2D eigenvalue weighted by Gasteiger charge is -2.05. The molecule has 0 aliphatic carbocycles. The number of aromatic nitrogens is 2. The van der Waals surface area contributed by atoms with Gasteiger partial charge in [0.25, 0.3) is 10.0 Å². The highest BCUT2D eigenvalue weighted by atomic mass is 32.2. The Hall–Kier alpha value is -1.03. The Morgan fingerprint density at radius 1 is 1.25 bits per heavy atom. The molecule has 110 valence electrons. The first-order valence-corrected chi connectivity index (χ1v) is 9.13. The van der Waals surface area contributed by atoms with Crippen LogP contribution in [0.4, 0.5) is 5.13 Å². The Bertz CT molecular complexity index is 675. The molecule has 6 nitrogen and oxygen atoms in total. The zero-order chi connectivity index (χ0) is 14.8. The third-order valence-electron chi connectivity index (χ3n) is 2.33. The highest BCUT2D eigenvalue weighted by molar-refractivity contribution is 7.94. The molecule has 0 atom stereocenters. The van der Waals surface area contributed by atoms with Crippen molar-refractivity contribution in [3.8, 4) is 0 Å². The topological polar surface area (TPSA) is 84.0 Å². The maximum atomic E-state index is 12.2. The van der Waals surface area contributed by atoms with Crippen molar-refractivity contribution in [1.29, 1.82) is 0 Å². The highest BCUT2D eigenvalue weighted by Crippen LogP contribution is 2.25. The molecule has 0 saturated carbocycles. The van der Waals surface area contributed by atoms with E-state index in [-0.39, 0.29) is 9.34 Å². The van der Waals surface area contributed by atoms with Crippen LogP contribution in [0.2, 0.25) is 0 Å². The molecule has 0 unspecified atom stereocenters. The summed E-state index contributed by atoms with van der Waals surface area (Å²) in [7, 11) is -3.57. The molecule has 0 fully saturated rings. The molecule has 2 heterocycles. The predicted octanol–water partition coefficient (Wildman–Crippen LogP) is 2.21. The van der Waals surface area contributed by atoms with Crippen LogP contribution in [0, 0.1) is 6.92 Å². The fraction of sp³-hybridized carbons (Fsp3) is 0.455. The molecule has 0 bridgehead atoms. The number of nitrogens with one attached hydrogen (secondary N) is 2. The first kappa shape index (κ1) is 15.4. The highest BCUT2D eigenvalue weighted by Gasteiger charge is 2.18. The van der Waals surface area contributed by atoms with E-state index in [1.807, 2.05) is 19.9 Å².